The summed E-state index contributed by atoms with van der Waals surface area (Å²) in [6.07, 6.45) is 25.1. The van der Waals surface area contributed by atoms with E-state index in [1.807, 2.05) is 6.20 Å². The van der Waals surface area contributed by atoms with E-state index in [4.69, 9.17) is 4.98 Å². The van der Waals surface area contributed by atoms with Gasteiger partial charge < -0.3 is 9.47 Å². The Morgan fingerprint density at radius 3 is 2.27 bits per heavy atom. The molecule has 1 aliphatic heterocycles. The Morgan fingerprint density at radius 2 is 1.48 bits per heavy atom. The predicted octanol–water partition coefficient (Wildman–Crippen LogP) is 13.5. The second kappa shape index (κ2) is 12.3. The van der Waals surface area contributed by atoms with Crippen LogP contribution in [0.1, 0.15) is 70.2 Å². The third-order valence-electron chi connectivity index (χ3n) is 13.6. The number of rotatable bonds is 5. The highest BCUT2D eigenvalue weighted by Crippen LogP contribution is 2.57. The summed E-state index contributed by atoms with van der Waals surface area (Å²) in [5.74, 6) is 0.515. The zero-order valence-corrected chi connectivity index (χ0v) is 32.8. The maximum Gasteiger partial charge on any atom is 0.0744 e. The van der Waals surface area contributed by atoms with Gasteiger partial charge >= 0.3 is 0 Å². The maximum absolute atomic E-state index is 4.91. The van der Waals surface area contributed by atoms with Crippen LogP contribution in [0.5, 0.6) is 0 Å². The van der Waals surface area contributed by atoms with Crippen LogP contribution in [0.4, 0.5) is 11.4 Å². The van der Waals surface area contributed by atoms with Crippen molar-refractivity contribution in [3.05, 3.63) is 185 Å². The van der Waals surface area contributed by atoms with Crippen molar-refractivity contribution in [3.8, 4) is 16.8 Å². The third-order valence-corrected chi connectivity index (χ3v) is 13.6. The third kappa shape index (κ3) is 4.86. The number of nitrogens with zero attached hydrogens (tertiary/aromatic N) is 3. The van der Waals surface area contributed by atoms with Gasteiger partial charge in [-0.05, 0) is 127 Å². The van der Waals surface area contributed by atoms with Crippen molar-refractivity contribution in [1.82, 2.24) is 9.55 Å². The van der Waals surface area contributed by atoms with E-state index < -0.39 is 0 Å². The summed E-state index contributed by atoms with van der Waals surface area (Å²) in [5.41, 5.74) is 18.3. The van der Waals surface area contributed by atoms with Gasteiger partial charge in [0.25, 0.3) is 0 Å². The lowest BCUT2D eigenvalue weighted by Gasteiger charge is -2.36. The fourth-order valence-electron chi connectivity index (χ4n) is 10.7. The molecule has 4 aromatic carbocycles. The molecular weight excluding hydrogens is 679 g/mol. The first-order valence-electron chi connectivity index (χ1n) is 20.5. The van der Waals surface area contributed by atoms with Gasteiger partial charge in [0.05, 0.1) is 28.5 Å². The van der Waals surface area contributed by atoms with Gasteiger partial charge in [-0.1, -0.05) is 117 Å². The molecule has 11 rings (SSSR count). The number of para-hydroxylation sites is 1. The highest BCUT2D eigenvalue weighted by atomic mass is 15.2. The second-order valence-corrected chi connectivity index (χ2v) is 17.4. The molecule has 2 atom stereocenters. The Labute approximate surface area is 330 Å². The topological polar surface area (TPSA) is 21.1 Å². The fourth-order valence-corrected chi connectivity index (χ4v) is 10.7. The Hall–Kier alpha value is -5.93. The molecule has 274 valence electrons. The molecule has 1 fully saturated rings. The summed E-state index contributed by atoms with van der Waals surface area (Å²) in [5, 5.41) is 2.58. The normalized spacial score (nSPS) is 21.1. The SMILES string of the molecule is CC1(C)C2=CC(N(c3ccc(C4=CC=CCC4)cc3)c3ccc(-c4ccc5c(c4)c4cccc6c4n5-c4cccnc4C6(C)C)cc3)CC=C2C2CC=CC=C21. The number of anilines is 2. The van der Waals surface area contributed by atoms with Crippen molar-refractivity contribution in [1.29, 1.82) is 0 Å². The highest BCUT2D eigenvalue weighted by Gasteiger charge is 2.46. The molecule has 1 saturated carbocycles. The van der Waals surface area contributed by atoms with Gasteiger partial charge in [-0.2, -0.15) is 0 Å². The Morgan fingerprint density at radius 1 is 0.714 bits per heavy atom. The molecule has 6 aromatic rings. The van der Waals surface area contributed by atoms with Crippen molar-refractivity contribution in [2.75, 3.05) is 4.90 Å². The molecule has 0 bridgehead atoms. The van der Waals surface area contributed by atoms with Crippen molar-refractivity contribution >= 4 is 38.8 Å². The number of hydrogen-bond acceptors (Lipinski definition) is 2. The molecule has 2 unspecified atom stereocenters. The molecule has 0 spiro atoms. The average molecular weight is 726 g/mol. The number of allylic oxidation sites excluding steroid dienone is 10. The minimum Gasteiger partial charge on any atom is -0.334 e. The number of hydrogen-bond donors (Lipinski definition) is 0. The van der Waals surface area contributed by atoms with Crippen LogP contribution in [0.2, 0.25) is 0 Å². The summed E-state index contributed by atoms with van der Waals surface area (Å²) in [4.78, 5) is 7.49. The van der Waals surface area contributed by atoms with E-state index in [9.17, 15) is 0 Å². The summed E-state index contributed by atoms with van der Waals surface area (Å²) in [7, 11) is 0. The Bertz CT molecular complexity index is 2790. The van der Waals surface area contributed by atoms with Crippen LogP contribution in [0.25, 0.3) is 44.2 Å². The molecule has 2 aromatic heterocycles. The monoisotopic (exact) mass is 725 g/mol. The van der Waals surface area contributed by atoms with Gasteiger partial charge in [0.15, 0.2) is 0 Å². The van der Waals surface area contributed by atoms with Crippen LogP contribution in [-0.2, 0) is 5.41 Å². The van der Waals surface area contributed by atoms with E-state index in [2.05, 4.69) is 183 Å². The Kier molecular flexibility index (Phi) is 7.33. The van der Waals surface area contributed by atoms with Crippen LogP contribution >= 0.6 is 0 Å². The summed E-state index contributed by atoms with van der Waals surface area (Å²) >= 11 is 0. The lowest BCUT2D eigenvalue weighted by atomic mass is 9.77. The molecule has 4 aliphatic carbocycles. The van der Waals surface area contributed by atoms with Gasteiger partial charge in [0, 0.05) is 45.1 Å². The number of aromatic nitrogens is 2. The Balaban J connectivity index is 0.994. The van der Waals surface area contributed by atoms with E-state index in [1.54, 1.807) is 11.1 Å². The summed E-state index contributed by atoms with van der Waals surface area (Å²) in [6.45, 7) is 9.47. The minimum atomic E-state index is -0.179. The quantitative estimate of drug-likeness (QED) is 0.176. The molecule has 5 aliphatic rings. The zero-order valence-electron chi connectivity index (χ0n) is 32.8. The number of pyridine rings is 1. The first kappa shape index (κ1) is 33.4. The maximum atomic E-state index is 4.91. The molecule has 3 heteroatoms. The van der Waals surface area contributed by atoms with Crippen LogP contribution in [-0.4, -0.2) is 15.6 Å². The van der Waals surface area contributed by atoms with Crippen molar-refractivity contribution in [2.45, 2.75) is 64.8 Å². The molecule has 0 radical (unpaired) electrons. The molecular formula is C53H47N3. The van der Waals surface area contributed by atoms with Crippen LogP contribution in [0.15, 0.2) is 169 Å². The van der Waals surface area contributed by atoms with Crippen LogP contribution in [0.3, 0.4) is 0 Å². The molecule has 3 heterocycles. The van der Waals surface area contributed by atoms with Gasteiger partial charge in [-0.15, -0.1) is 0 Å². The summed E-state index contributed by atoms with van der Waals surface area (Å²) in [6, 6.07) is 37.0. The van der Waals surface area contributed by atoms with E-state index in [1.165, 1.54) is 72.3 Å². The molecule has 0 N–H and O–H groups in total. The zero-order chi connectivity index (χ0) is 37.8. The number of fused-ring (bicyclic) bond motifs is 8. The highest BCUT2D eigenvalue weighted by molar-refractivity contribution is 6.12. The second-order valence-electron chi connectivity index (χ2n) is 17.4. The predicted molar refractivity (Wildman–Crippen MR) is 235 cm³/mol. The van der Waals surface area contributed by atoms with E-state index in [0.29, 0.717) is 5.92 Å². The van der Waals surface area contributed by atoms with Gasteiger partial charge in [0.2, 0.25) is 0 Å². The minimum absolute atomic E-state index is 0.0245. The number of benzene rings is 4. The average Bonchev–Trinajstić information content (AvgIpc) is 3.69. The van der Waals surface area contributed by atoms with E-state index in [-0.39, 0.29) is 16.9 Å². The first-order valence-corrected chi connectivity index (χ1v) is 20.5. The lowest BCUT2D eigenvalue weighted by Crippen LogP contribution is -2.32. The van der Waals surface area contributed by atoms with Crippen LogP contribution < -0.4 is 4.90 Å². The standard InChI is InChI=1S/C53H47N3/c1-52(2)45-16-9-8-14-41(45)42-29-28-40(33-47(42)52)55(38-24-19-35(20-25-38)34-12-6-5-7-13-34)39-26-21-36(22-27-39)37-23-30-48-44(32-37)43-15-10-17-46-50(43)56(48)49-18-11-31-54-51(49)53(46,3)4/h5-6,8-12,15-27,29-33,40-41H,7,13-14,28H2,1-4H3. The lowest BCUT2D eigenvalue weighted by molar-refractivity contribution is 0.540. The van der Waals surface area contributed by atoms with Gasteiger partial charge in [-0.25, -0.2) is 0 Å². The van der Waals surface area contributed by atoms with Crippen molar-refractivity contribution in [3.63, 3.8) is 0 Å². The van der Waals surface area contributed by atoms with E-state index >= 15 is 0 Å². The van der Waals surface area contributed by atoms with Gasteiger partial charge in [0.1, 0.15) is 0 Å². The van der Waals surface area contributed by atoms with E-state index in [0.717, 1.165) is 31.4 Å². The summed E-state index contributed by atoms with van der Waals surface area (Å²) < 4.78 is 2.44. The molecule has 0 amide bonds. The molecule has 0 saturated heterocycles. The van der Waals surface area contributed by atoms with Crippen molar-refractivity contribution in [2.24, 2.45) is 11.3 Å². The molecule has 56 heavy (non-hydrogen) atoms. The molecule has 3 nitrogen and oxygen atoms in total. The fraction of sp³-hybridized carbons (Fsp3) is 0.226. The first-order chi connectivity index (χ1) is 27.3. The smallest absolute Gasteiger partial charge is 0.0744 e. The van der Waals surface area contributed by atoms with Gasteiger partial charge in [-0.3, -0.25) is 4.98 Å². The largest absolute Gasteiger partial charge is 0.334 e. The van der Waals surface area contributed by atoms with Crippen LogP contribution in [0, 0.1) is 11.3 Å². The van der Waals surface area contributed by atoms with Crippen molar-refractivity contribution < 1.29 is 0 Å².